The summed E-state index contributed by atoms with van der Waals surface area (Å²) in [5, 5.41) is 5.89. The van der Waals surface area contributed by atoms with Crippen LogP contribution >= 0.6 is 28.3 Å². The van der Waals surface area contributed by atoms with E-state index in [9.17, 15) is 4.79 Å². The molecule has 1 amide bonds. The lowest BCUT2D eigenvalue weighted by molar-refractivity contribution is -0.121. The first-order valence-corrected chi connectivity index (χ1v) is 7.24. The lowest BCUT2D eigenvalue weighted by atomic mass is 10.3. The van der Waals surface area contributed by atoms with Crippen LogP contribution in [0.3, 0.4) is 0 Å². The standard InChI is InChI=1S/C14H21BrN2O2.ClH/c1-11(10-17-14(18)7-4-8-16-2)19-13-6-3-5-12(15)9-13;/h3,5-6,9,11,16H,4,7-8,10H2,1-2H3,(H,17,18);1H. The zero-order valence-corrected chi connectivity index (χ0v) is 14.2. The van der Waals surface area contributed by atoms with Crippen LogP contribution in [0.25, 0.3) is 0 Å². The zero-order chi connectivity index (χ0) is 14.1. The first-order valence-electron chi connectivity index (χ1n) is 6.45. The molecule has 1 atom stereocenters. The van der Waals surface area contributed by atoms with Gasteiger partial charge in [0.25, 0.3) is 0 Å². The van der Waals surface area contributed by atoms with E-state index in [1.807, 2.05) is 38.2 Å². The average Bonchev–Trinajstić information content (AvgIpc) is 2.37. The normalized spacial score (nSPS) is 11.3. The third-order valence-electron chi connectivity index (χ3n) is 2.55. The van der Waals surface area contributed by atoms with Gasteiger partial charge in [0.05, 0.1) is 6.54 Å². The number of rotatable bonds is 8. The molecule has 0 aliphatic carbocycles. The van der Waals surface area contributed by atoms with E-state index in [4.69, 9.17) is 4.74 Å². The Morgan fingerprint density at radius 1 is 1.45 bits per heavy atom. The molecule has 0 saturated heterocycles. The lowest BCUT2D eigenvalue weighted by Crippen LogP contribution is -2.33. The van der Waals surface area contributed by atoms with E-state index >= 15 is 0 Å². The van der Waals surface area contributed by atoms with Gasteiger partial charge in [0.2, 0.25) is 5.91 Å². The molecule has 4 nitrogen and oxygen atoms in total. The van der Waals surface area contributed by atoms with Crippen molar-refractivity contribution >= 4 is 34.2 Å². The van der Waals surface area contributed by atoms with Crippen molar-refractivity contribution in [3.8, 4) is 5.75 Å². The number of benzene rings is 1. The molecule has 1 aromatic rings. The molecule has 0 spiro atoms. The number of nitrogens with one attached hydrogen (secondary N) is 2. The number of carbonyl (C=O) groups excluding carboxylic acids is 1. The molecule has 6 heteroatoms. The highest BCUT2D eigenvalue weighted by atomic mass is 79.9. The lowest BCUT2D eigenvalue weighted by Gasteiger charge is -2.15. The summed E-state index contributed by atoms with van der Waals surface area (Å²) in [5.74, 6) is 0.867. The second-order valence-electron chi connectivity index (χ2n) is 4.40. The Kier molecular flexibility index (Phi) is 10.5. The molecule has 0 saturated carbocycles. The highest BCUT2D eigenvalue weighted by molar-refractivity contribution is 9.10. The molecule has 0 fully saturated rings. The number of carbonyl (C=O) groups is 1. The summed E-state index contributed by atoms with van der Waals surface area (Å²) in [6.07, 6.45) is 1.34. The molecule has 0 aliphatic rings. The summed E-state index contributed by atoms with van der Waals surface area (Å²) in [7, 11) is 1.88. The Morgan fingerprint density at radius 2 is 2.20 bits per heavy atom. The Labute approximate surface area is 135 Å². The van der Waals surface area contributed by atoms with E-state index in [0.29, 0.717) is 13.0 Å². The Morgan fingerprint density at radius 3 is 2.85 bits per heavy atom. The fourth-order valence-electron chi connectivity index (χ4n) is 1.59. The van der Waals surface area contributed by atoms with Gasteiger partial charge in [-0.15, -0.1) is 12.4 Å². The average molecular weight is 366 g/mol. The topological polar surface area (TPSA) is 50.4 Å². The van der Waals surface area contributed by atoms with E-state index in [1.54, 1.807) is 0 Å². The van der Waals surface area contributed by atoms with Crippen LogP contribution in [-0.2, 0) is 4.79 Å². The SMILES string of the molecule is CNCCCC(=O)NCC(C)Oc1cccc(Br)c1.Cl. The molecule has 0 heterocycles. The maximum absolute atomic E-state index is 11.5. The van der Waals surface area contributed by atoms with Gasteiger partial charge in [-0.05, 0) is 45.1 Å². The van der Waals surface area contributed by atoms with Crippen molar-refractivity contribution in [2.75, 3.05) is 20.1 Å². The number of amides is 1. The predicted molar refractivity (Wildman–Crippen MR) is 87.7 cm³/mol. The van der Waals surface area contributed by atoms with E-state index in [-0.39, 0.29) is 24.4 Å². The summed E-state index contributed by atoms with van der Waals surface area (Å²) in [6.45, 7) is 3.32. The largest absolute Gasteiger partial charge is 0.489 e. The third-order valence-corrected chi connectivity index (χ3v) is 3.04. The molecule has 20 heavy (non-hydrogen) atoms. The van der Waals surface area contributed by atoms with Gasteiger partial charge in [0, 0.05) is 10.9 Å². The number of hydrogen-bond acceptors (Lipinski definition) is 3. The summed E-state index contributed by atoms with van der Waals surface area (Å²) < 4.78 is 6.69. The van der Waals surface area contributed by atoms with Crippen LogP contribution in [0.5, 0.6) is 5.75 Å². The summed E-state index contributed by atoms with van der Waals surface area (Å²) in [6, 6.07) is 7.67. The van der Waals surface area contributed by atoms with Crippen LogP contribution in [0.1, 0.15) is 19.8 Å². The molecule has 114 valence electrons. The highest BCUT2D eigenvalue weighted by Crippen LogP contribution is 2.18. The molecule has 1 rings (SSSR count). The van der Waals surface area contributed by atoms with Crippen LogP contribution in [0.4, 0.5) is 0 Å². The summed E-state index contributed by atoms with van der Waals surface area (Å²) >= 11 is 3.39. The maximum atomic E-state index is 11.5. The van der Waals surface area contributed by atoms with Crippen LogP contribution < -0.4 is 15.4 Å². The monoisotopic (exact) mass is 364 g/mol. The van der Waals surface area contributed by atoms with Gasteiger partial charge in [-0.1, -0.05) is 22.0 Å². The van der Waals surface area contributed by atoms with Gasteiger partial charge in [0.15, 0.2) is 0 Å². The van der Waals surface area contributed by atoms with E-state index < -0.39 is 0 Å². The maximum Gasteiger partial charge on any atom is 0.220 e. The molecule has 0 radical (unpaired) electrons. The molecule has 1 unspecified atom stereocenters. The van der Waals surface area contributed by atoms with E-state index in [1.165, 1.54) is 0 Å². The summed E-state index contributed by atoms with van der Waals surface area (Å²) in [5.41, 5.74) is 0. The quantitative estimate of drug-likeness (QED) is 0.697. The molecule has 0 aromatic heterocycles. The number of ether oxygens (including phenoxy) is 1. The first-order chi connectivity index (χ1) is 9.11. The van der Waals surface area contributed by atoms with Crippen molar-refractivity contribution in [2.24, 2.45) is 0 Å². The minimum absolute atomic E-state index is 0. The fraction of sp³-hybridized carbons (Fsp3) is 0.500. The number of halogens is 2. The van der Waals surface area contributed by atoms with Crippen LogP contribution in [0.2, 0.25) is 0 Å². The summed E-state index contributed by atoms with van der Waals surface area (Å²) in [4.78, 5) is 11.5. The molecular weight excluding hydrogens is 344 g/mol. The smallest absolute Gasteiger partial charge is 0.220 e. The van der Waals surface area contributed by atoms with Gasteiger partial charge >= 0.3 is 0 Å². The minimum atomic E-state index is -0.0532. The van der Waals surface area contributed by atoms with Crippen molar-refractivity contribution in [2.45, 2.75) is 25.9 Å². The first kappa shape index (κ1) is 19.2. The highest BCUT2D eigenvalue weighted by Gasteiger charge is 2.07. The van der Waals surface area contributed by atoms with Crippen molar-refractivity contribution in [3.63, 3.8) is 0 Å². The third kappa shape index (κ3) is 8.40. The number of hydrogen-bond donors (Lipinski definition) is 2. The van der Waals surface area contributed by atoms with Crippen molar-refractivity contribution in [1.82, 2.24) is 10.6 Å². The Bertz CT molecular complexity index is 405. The van der Waals surface area contributed by atoms with E-state index in [0.717, 1.165) is 23.2 Å². The molecule has 2 N–H and O–H groups in total. The van der Waals surface area contributed by atoms with Crippen LogP contribution in [-0.4, -0.2) is 32.1 Å². The Balaban J connectivity index is 0.00000361. The van der Waals surface area contributed by atoms with E-state index in [2.05, 4.69) is 26.6 Å². The minimum Gasteiger partial charge on any atom is -0.489 e. The van der Waals surface area contributed by atoms with Crippen molar-refractivity contribution < 1.29 is 9.53 Å². The second kappa shape index (κ2) is 10.9. The predicted octanol–water partition coefficient (Wildman–Crippen LogP) is 2.75. The van der Waals surface area contributed by atoms with Crippen molar-refractivity contribution in [3.05, 3.63) is 28.7 Å². The molecule has 0 aliphatic heterocycles. The zero-order valence-electron chi connectivity index (χ0n) is 11.8. The molecule has 0 bridgehead atoms. The molecule has 1 aromatic carbocycles. The van der Waals surface area contributed by atoms with Crippen LogP contribution in [0, 0.1) is 0 Å². The van der Waals surface area contributed by atoms with Gasteiger partial charge in [-0.2, -0.15) is 0 Å². The van der Waals surface area contributed by atoms with Gasteiger partial charge in [-0.25, -0.2) is 0 Å². The second-order valence-corrected chi connectivity index (χ2v) is 5.31. The van der Waals surface area contributed by atoms with Crippen LogP contribution in [0.15, 0.2) is 28.7 Å². The van der Waals surface area contributed by atoms with Gasteiger partial charge in [-0.3, -0.25) is 4.79 Å². The van der Waals surface area contributed by atoms with Gasteiger partial charge in [0.1, 0.15) is 11.9 Å². The molecular formula is C14H22BrClN2O2. The van der Waals surface area contributed by atoms with Crippen molar-refractivity contribution in [1.29, 1.82) is 0 Å². The fourth-order valence-corrected chi connectivity index (χ4v) is 1.96. The van der Waals surface area contributed by atoms with Gasteiger partial charge < -0.3 is 15.4 Å². The Hall–Kier alpha value is -0.780.